The first-order valence-corrected chi connectivity index (χ1v) is 9.37. The number of ether oxygens (including phenoxy) is 2. The molecule has 0 unspecified atom stereocenters. The second kappa shape index (κ2) is 9.75. The monoisotopic (exact) mass is 464 g/mol. The Labute approximate surface area is 177 Å². The van der Waals surface area contributed by atoms with E-state index in [1.807, 2.05) is 6.07 Å². The fourth-order valence-electron chi connectivity index (χ4n) is 2.47. The lowest BCUT2D eigenvalue weighted by molar-refractivity contribution is -0.142. The van der Waals surface area contributed by atoms with Crippen LogP contribution in [0.15, 0.2) is 41.6 Å². The Morgan fingerprint density at radius 2 is 1.79 bits per heavy atom. The number of fused-ring (bicyclic) bond motifs is 1. The van der Waals surface area contributed by atoms with Gasteiger partial charge in [-0.3, -0.25) is 4.79 Å². The topological polar surface area (TPSA) is 81.3 Å². The summed E-state index contributed by atoms with van der Waals surface area (Å²) >= 11 is 1.37. The zero-order chi connectivity index (χ0) is 19.4. The lowest BCUT2D eigenvalue weighted by atomic mass is 10.1. The molecule has 8 heteroatoms. The molecule has 1 heterocycles. The lowest BCUT2D eigenvalue weighted by Gasteiger charge is -2.05. The summed E-state index contributed by atoms with van der Waals surface area (Å²) in [5, 5.41) is 0.724. The van der Waals surface area contributed by atoms with E-state index in [0.29, 0.717) is 11.3 Å². The number of hydrogen-bond acceptors (Lipinski definition) is 6. The van der Waals surface area contributed by atoms with Gasteiger partial charge in [0.15, 0.2) is 17.5 Å². The van der Waals surface area contributed by atoms with Crippen LogP contribution in [0.1, 0.15) is 21.5 Å². The standard InChI is InChI=1S/C20H20N2O4S.BrH/c1-12-8-16-17(9-13(12)2)22-20(21-16)27-11-18(23)14-4-6-15(7-5-14)26-10-19(24)25-3;/h4-9H,10-11H2,1-3H3,(H,21,22);1H. The van der Waals surface area contributed by atoms with Crippen molar-refractivity contribution in [1.29, 1.82) is 0 Å². The number of benzene rings is 2. The average Bonchev–Trinajstić information content (AvgIpc) is 3.06. The number of nitrogens with zero attached hydrogens (tertiary/aromatic N) is 1. The van der Waals surface area contributed by atoms with Crippen LogP contribution in [0.2, 0.25) is 0 Å². The highest BCUT2D eigenvalue weighted by atomic mass is 79.9. The van der Waals surface area contributed by atoms with E-state index in [4.69, 9.17) is 4.74 Å². The van der Waals surface area contributed by atoms with Crippen molar-refractivity contribution < 1.29 is 19.1 Å². The number of aryl methyl sites for hydroxylation is 2. The Bertz CT molecular complexity index is 947. The highest BCUT2D eigenvalue weighted by Gasteiger charge is 2.11. The van der Waals surface area contributed by atoms with E-state index in [2.05, 4.69) is 34.6 Å². The molecule has 148 valence electrons. The molecule has 0 aliphatic rings. The molecule has 0 saturated carbocycles. The number of imidazole rings is 1. The molecule has 0 aliphatic heterocycles. The highest BCUT2D eigenvalue weighted by molar-refractivity contribution is 8.93. The van der Waals surface area contributed by atoms with Crippen molar-refractivity contribution in [2.45, 2.75) is 19.0 Å². The first-order valence-electron chi connectivity index (χ1n) is 8.39. The van der Waals surface area contributed by atoms with Gasteiger partial charge in [0, 0.05) is 5.56 Å². The lowest BCUT2D eigenvalue weighted by Crippen LogP contribution is -2.12. The van der Waals surface area contributed by atoms with Crippen molar-refractivity contribution in [2.75, 3.05) is 19.5 Å². The van der Waals surface area contributed by atoms with E-state index >= 15 is 0 Å². The summed E-state index contributed by atoms with van der Waals surface area (Å²) in [6, 6.07) is 10.8. The highest BCUT2D eigenvalue weighted by Crippen LogP contribution is 2.23. The number of carbonyl (C=O) groups excluding carboxylic acids is 2. The molecule has 0 aliphatic carbocycles. The van der Waals surface area contributed by atoms with Gasteiger partial charge >= 0.3 is 5.97 Å². The van der Waals surface area contributed by atoms with Gasteiger partial charge in [0.05, 0.1) is 23.9 Å². The van der Waals surface area contributed by atoms with Crippen molar-refractivity contribution in [3.8, 4) is 5.75 Å². The van der Waals surface area contributed by atoms with Crippen molar-refractivity contribution in [2.24, 2.45) is 0 Å². The van der Waals surface area contributed by atoms with Crippen LogP contribution in [0, 0.1) is 13.8 Å². The Balaban J connectivity index is 0.00000280. The molecule has 0 spiro atoms. The fourth-order valence-corrected chi connectivity index (χ4v) is 3.25. The number of aromatic amines is 1. The molecule has 0 saturated heterocycles. The molecule has 0 fully saturated rings. The number of esters is 1. The first kappa shape index (κ1) is 22.0. The van der Waals surface area contributed by atoms with Gasteiger partial charge in [0.2, 0.25) is 0 Å². The quantitative estimate of drug-likeness (QED) is 0.319. The molecular weight excluding hydrogens is 444 g/mol. The van der Waals surface area contributed by atoms with Gasteiger partial charge in [-0.25, -0.2) is 9.78 Å². The predicted molar refractivity (Wildman–Crippen MR) is 115 cm³/mol. The predicted octanol–water partition coefficient (Wildman–Crippen LogP) is 4.28. The van der Waals surface area contributed by atoms with Gasteiger partial charge in [-0.05, 0) is 61.4 Å². The van der Waals surface area contributed by atoms with Gasteiger partial charge in [-0.1, -0.05) is 11.8 Å². The molecule has 0 atom stereocenters. The fraction of sp³-hybridized carbons (Fsp3) is 0.250. The van der Waals surface area contributed by atoms with Gasteiger partial charge in [0.1, 0.15) is 5.75 Å². The van der Waals surface area contributed by atoms with Crippen molar-refractivity contribution in [3.05, 3.63) is 53.1 Å². The smallest absolute Gasteiger partial charge is 0.343 e. The summed E-state index contributed by atoms with van der Waals surface area (Å²) in [5.74, 6) is 0.322. The Morgan fingerprint density at radius 1 is 1.11 bits per heavy atom. The summed E-state index contributed by atoms with van der Waals surface area (Å²) in [7, 11) is 1.30. The maximum atomic E-state index is 12.4. The molecule has 2 aromatic carbocycles. The van der Waals surface area contributed by atoms with Crippen LogP contribution in [0.25, 0.3) is 11.0 Å². The number of hydrogen-bond donors (Lipinski definition) is 1. The number of methoxy groups -OCH3 is 1. The zero-order valence-electron chi connectivity index (χ0n) is 15.8. The Morgan fingerprint density at radius 3 is 2.46 bits per heavy atom. The largest absolute Gasteiger partial charge is 0.482 e. The van der Waals surface area contributed by atoms with Crippen molar-refractivity contribution >= 4 is 51.5 Å². The number of rotatable bonds is 7. The number of halogens is 1. The van der Waals surface area contributed by atoms with Gasteiger partial charge in [0.25, 0.3) is 0 Å². The first-order chi connectivity index (χ1) is 13.0. The zero-order valence-corrected chi connectivity index (χ0v) is 18.3. The van der Waals surface area contributed by atoms with Crippen LogP contribution in [0.3, 0.4) is 0 Å². The minimum atomic E-state index is -0.456. The van der Waals surface area contributed by atoms with Crippen LogP contribution in [-0.4, -0.2) is 41.2 Å². The van der Waals surface area contributed by atoms with Crippen LogP contribution in [0.4, 0.5) is 0 Å². The van der Waals surface area contributed by atoms with Gasteiger partial charge in [-0.15, -0.1) is 17.0 Å². The van der Waals surface area contributed by atoms with E-state index in [1.165, 1.54) is 30.0 Å². The molecule has 1 N–H and O–H groups in total. The number of aromatic nitrogens is 2. The third-order valence-electron chi connectivity index (χ3n) is 4.18. The molecule has 6 nitrogen and oxygen atoms in total. The molecule has 1 aromatic heterocycles. The Hall–Kier alpha value is -2.32. The maximum Gasteiger partial charge on any atom is 0.343 e. The molecule has 0 radical (unpaired) electrons. The van der Waals surface area contributed by atoms with E-state index in [9.17, 15) is 9.59 Å². The number of thioether (sulfide) groups is 1. The third kappa shape index (κ3) is 5.36. The maximum absolute atomic E-state index is 12.4. The molecule has 3 aromatic rings. The number of nitrogens with one attached hydrogen (secondary N) is 1. The van der Waals surface area contributed by atoms with Gasteiger partial charge < -0.3 is 14.5 Å². The van der Waals surface area contributed by atoms with Crippen LogP contribution in [-0.2, 0) is 9.53 Å². The number of ketones is 1. The summed E-state index contributed by atoms with van der Waals surface area (Å²) in [6.45, 7) is 3.95. The van der Waals surface area contributed by atoms with Crippen molar-refractivity contribution in [1.82, 2.24) is 9.97 Å². The van der Waals surface area contributed by atoms with E-state index in [-0.39, 0.29) is 35.1 Å². The molecular formula is C20H21BrN2O4S. The second-order valence-corrected chi connectivity index (χ2v) is 7.06. The molecule has 0 amide bonds. The van der Waals surface area contributed by atoms with E-state index in [1.54, 1.807) is 24.3 Å². The molecule has 3 rings (SSSR count). The van der Waals surface area contributed by atoms with E-state index in [0.717, 1.165) is 16.2 Å². The number of H-pyrrole nitrogens is 1. The molecule has 28 heavy (non-hydrogen) atoms. The second-order valence-electron chi connectivity index (χ2n) is 6.10. The minimum absolute atomic E-state index is 0. The van der Waals surface area contributed by atoms with Crippen LogP contribution in [0.5, 0.6) is 5.75 Å². The van der Waals surface area contributed by atoms with Crippen LogP contribution >= 0.6 is 28.7 Å². The number of carbonyl (C=O) groups is 2. The van der Waals surface area contributed by atoms with Crippen LogP contribution < -0.4 is 4.74 Å². The SMILES string of the molecule is Br.COC(=O)COc1ccc(C(=O)CSc2nc3cc(C)c(C)cc3[nH]2)cc1. The number of Topliss-reactive ketones (excluding diaryl/α,β-unsaturated/α-hetero) is 1. The Kier molecular flexibility index (Phi) is 7.65. The minimum Gasteiger partial charge on any atom is -0.482 e. The summed E-state index contributed by atoms with van der Waals surface area (Å²) in [4.78, 5) is 31.2. The normalized spacial score (nSPS) is 10.4. The van der Waals surface area contributed by atoms with E-state index < -0.39 is 5.97 Å². The average molecular weight is 465 g/mol. The molecule has 0 bridgehead atoms. The van der Waals surface area contributed by atoms with Gasteiger partial charge in [-0.2, -0.15) is 0 Å². The summed E-state index contributed by atoms with van der Waals surface area (Å²) in [6.07, 6.45) is 0. The summed E-state index contributed by atoms with van der Waals surface area (Å²) in [5.41, 5.74) is 4.85. The third-order valence-corrected chi connectivity index (χ3v) is 5.05. The van der Waals surface area contributed by atoms with Crippen molar-refractivity contribution in [3.63, 3.8) is 0 Å². The summed E-state index contributed by atoms with van der Waals surface area (Å²) < 4.78 is 9.78.